The fourth-order valence-corrected chi connectivity index (χ4v) is 3.48. The van der Waals surface area contributed by atoms with E-state index < -0.39 is 0 Å². The Labute approximate surface area is 195 Å². The van der Waals surface area contributed by atoms with E-state index in [0.717, 1.165) is 69.9 Å². The van der Waals surface area contributed by atoms with Gasteiger partial charge in [0.15, 0.2) is 0 Å². The fraction of sp³-hybridized carbons (Fsp3) is 1.00. The molecule has 0 aromatic carbocycles. The lowest BCUT2D eigenvalue weighted by Gasteiger charge is -2.39. The summed E-state index contributed by atoms with van der Waals surface area (Å²) in [7, 11) is 1.72. The minimum atomic E-state index is 0.573. The number of rotatable bonds is 12. The smallest absolute Gasteiger partial charge is 0.103 e. The van der Waals surface area contributed by atoms with E-state index in [1.807, 2.05) is 6.92 Å². The summed E-state index contributed by atoms with van der Waals surface area (Å²) in [5.74, 6) is 0. The van der Waals surface area contributed by atoms with Crippen molar-refractivity contribution in [2.45, 2.75) is 19.8 Å². The van der Waals surface area contributed by atoms with Gasteiger partial charge in [0, 0.05) is 33.4 Å². The maximum atomic E-state index is 5.90. The number of hydrogen-bond acceptors (Lipinski definition) is 8. The molecule has 1 fully saturated rings. The van der Waals surface area contributed by atoms with Crippen molar-refractivity contribution in [1.29, 1.82) is 0 Å². The normalized spacial score (nSPS) is 20.4. The number of hydrogen-bond donors (Lipinski definition) is 0. The number of ether oxygens (including phenoxy) is 8. The standard InChI is InChI=1S/C23H48NO8/c1-3-26-11-4-6-24(7-13-27-12-5-10-25-2)8-14-28-16-18-30-20-22-32-23-21-31-19-17-29-15-9-24/h3-23H2,1-2H3/q+1. The molecule has 0 unspecified atom stereocenters. The molecule has 0 atom stereocenters. The van der Waals surface area contributed by atoms with Gasteiger partial charge < -0.3 is 42.4 Å². The Balaban J connectivity index is 2.59. The Bertz CT molecular complexity index is 371. The average Bonchev–Trinajstić information content (AvgIpc) is 2.80. The maximum absolute atomic E-state index is 5.90. The minimum absolute atomic E-state index is 0.573. The van der Waals surface area contributed by atoms with Crippen molar-refractivity contribution in [2.24, 2.45) is 0 Å². The molecule has 0 aliphatic carbocycles. The molecular formula is C23H48NO8+. The van der Waals surface area contributed by atoms with Gasteiger partial charge in [-0.3, -0.25) is 0 Å². The highest BCUT2D eigenvalue weighted by Crippen LogP contribution is 2.10. The summed E-state index contributed by atoms with van der Waals surface area (Å²) < 4.78 is 45.9. The summed E-state index contributed by atoms with van der Waals surface area (Å²) in [6.45, 7) is 15.5. The van der Waals surface area contributed by atoms with E-state index in [1.165, 1.54) is 0 Å². The zero-order valence-electron chi connectivity index (χ0n) is 20.6. The largest absolute Gasteiger partial charge is 0.385 e. The zero-order chi connectivity index (χ0) is 23.0. The van der Waals surface area contributed by atoms with Crippen LogP contribution in [0, 0.1) is 0 Å². The lowest BCUT2D eigenvalue weighted by Crippen LogP contribution is -2.54. The van der Waals surface area contributed by atoms with E-state index in [9.17, 15) is 0 Å². The van der Waals surface area contributed by atoms with Crippen LogP contribution in [0.5, 0.6) is 0 Å². The summed E-state index contributed by atoms with van der Waals surface area (Å²) in [5.41, 5.74) is 0. The molecule has 192 valence electrons. The Morgan fingerprint density at radius 1 is 0.562 bits per heavy atom. The number of quaternary nitrogens is 1. The minimum Gasteiger partial charge on any atom is -0.385 e. The van der Waals surface area contributed by atoms with Gasteiger partial charge in [-0.05, 0) is 13.3 Å². The molecule has 1 aliphatic rings. The molecule has 0 bridgehead atoms. The van der Waals surface area contributed by atoms with Gasteiger partial charge in [0.2, 0.25) is 0 Å². The Kier molecular flexibility index (Phi) is 20.8. The van der Waals surface area contributed by atoms with Crippen molar-refractivity contribution in [2.75, 3.05) is 132 Å². The monoisotopic (exact) mass is 466 g/mol. The first-order valence-electron chi connectivity index (χ1n) is 12.2. The van der Waals surface area contributed by atoms with Gasteiger partial charge in [-0.25, -0.2) is 0 Å². The van der Waals surface area contributed by atoms with Crippen molar-refractivity contribution in [3.8, 4) is 0 Å². The van der Waals surface area contributed by atoms with Gasteiger partial charge in [-0.15, -0.1) is 0 Å². The van der Waals surface area contributed by atoms with E-state index in [1.54, 1.807) is 7.11 Å². The van der Waals surface area contributed by atoms with Crippen molar-refractivity contribution in [3.63, 3.8) is 0 Å². The molecular weight excluding hydrogens is 418 g/mol. The molecule has 1 heterocycles. The van der Waals surface area contributed by atoms with Crippen molar-refractivity contribution in [3.05, 3.63) is 0 Å². The fourth-order valence-electron chi connectivity index (χ4n) is 3.48. The van der Waals surface area contributed by atoms with Gasteiger partial charge in [-0.1, -0.05) is 0 Å². The van der Waals surface area contributed by atoms with Crippen LogP contribution in [-0.4, -0.2) is 137 Å². The molecule has 9 nitrogen and oxygen atoms in total. The molecule has 9 heteroatoms. The Hall–Kier alpha value is -0.360. The Morgan fingerprint density at radius 2 is 1.06 bits per heavy atom. The van der Waals surface area contributed by atoms with Crippen molar-refractivity contribution < 1.29 is 42.4 Å². The molecule has 0 saturated carbocycles. The lowest BCUT2D eigenvalue weighted by atomic mass is 10.2. The second-order valence-corrected chi connectivity index (χ2v) is 7.81. The van der Waals surface area contributed by atoms with E-state index >= 15 is 0 Å². The molecule has 0 N–H and O–H groups in total. The van der Waals surface area contributed by atoms with Gasteiger partial charge >= 0.3 is 0 Å². The van der Waals surface area contributed by atoms with Gasteiger partial charge in [0.05, 0.1) is 85.8 Å². The zero-order valence-corrected chi connectivity index (χ0v) is 20.6. The second-order valence-electron chi connectivity index (χ2n) is 7.81. The van der Waals surface area contributed by atoms with Crippen LogP contribution in [0.4, 0.5) is 0 Å². The highest BCUT2D eigenvalue weighted by atomic mass is 16.6. The SMILES string of the molecule is CCOCCC[N+]1(CCOCCCOC)CCOCCOCCOCCOCCOCC1. The molecule has 1 aliphatic heterocycles. The molecule has 32 heavy (non-hydrogen) atoms. The third-order valence-electron chi connectivity index (χ3n) is 5.38. The molecule has 1 rings (SSSR count). The molecule has 0 amide bonds. The van der Waals surface area contributed by atoms with Crippen molar-refractivity contribution >= 4 is 0 Å². The van der Waals surface area contributed by atoms with Crippen LogP contribution >= 0.6 is 0 Å². The maximum Gasteiger partial charge on any atom is 0.103 e. The van der Waals surface area contributed by atoms with E-state index in [2.05, 4.69) is 0 Å². The number of nitrogens with zero attached hydrogens (tertiary/aromatic N) is 1. The molecule has 0 spiro atoms. The predicted octanol–water partition coefficient (Wildman–Crippen LogP) is 1.38. The van der Waals surface area contributed by atoms with Crippen LogP contribution in [0.3, 0.4) is 0 Å². The topological polar surface area (TPSA) is 73.8 Å². The van der Waals surface area contributed by atoms with Crippen LogP contribution < -0.4 is 0 Å². The predicted molar refractivity (Wildman–Crippen MR) is 122 cm³/mol. The first-order chi connectivity index (χ1) is 15.8. The molecule has 0 aromatic heterocycles. The van der Waals surface area contributed by atoms with Gasteiger partial charge in [-0.2, -0.15) is 0 Å². The van der Waals surface area contributed by atoms with Crippen LogP contribution in [0.1, 0.15) is 19.8 Å². The third kappa shape index (κ3) is 17.2. The molecule has 0 aromatic rings. The molecule has 1 saturated heterocycles. The van der Waals surface area contributed by atoms with Crippen LogP contribution in [0.2, 0.25) is 0 Å². The van der Waals surface area contributed by atoms with Crippen molar-refractivity contribution in [1.82, 2.24) is 0 Å². The Morgan fingerprint density at radius 3 is 1.56 bits per heavy atom. The average molecular weight is 467 g/mol. The van der Waals surface area contributed by atoms with Crippen LogP contribution in [-0.2, 0) is 37.9 Å². The number of methoxy groups -OCH3 is 1. The lowest BCUT2D eigenvalue weighted by molar-refractivity contribution is -0.929. The highest BCUT2D eigenvalue weighted by Gasteiger charge is 2.27. The van der Waals surface area contributed by atoms with E-state index in [-0.39, 0.29) is 0 Å². The van der Waals surface area contributed by atoms with Gasteiger partial charge in [0.1, 0.15) is 19.6 Å². The molecule has 0 radical (unpaired) electrons. The van der Waals surface area contributed by atoms with Gasteiger partial charge in [0.25, 0.3) is 0 Å². The summed E-state index contributed by atoms with van der Waals surface area (Å²) in [6.07, 6.45) is 1.92. The summed E-state index contributed by atoms with van der Waals surface area (Å²) in [6, 6.07) is 0. The van der Waals surface area contributed by atoms with E-state index in [4.69, 9.17) is 37.9 Å². The third-order valence-corrected chi connectivity index (χ3v) is 5.38. The van der Waals surface area contributed by atoms with Crippen LogP contribution in [0.25, 0.3) is 0 Å². The second kappa shape index (κ2) is 22.4. The first kappa shape index (κ1) is 29.7. The quantitative estimate of drug-likeness (QED) is 0.316. The summed E-state index contributed by atoms with van der Waals surface area (Å²) in [5, 5.41) is 0. The van der Waals surface area contributed by atoms with E-state index in [0.29, 0.717) is 72.7 Å². The first-order valence-corrected chi connectivity index (χ1v) is 12.2. The van der Waals surface area contributed by atoms with Crippen LogP contribution in [0.15, 0.2) is 0 Å². The summed E-state index contributed by atoms with van der Waals surface area (Å²) in [4.78, 5) is 0. The summed E-state index contributed by atoms with van der Waals surface area (Å²) >= 11 is 0. The highest BCUT2D eigenvalue weighted by molar-refractivity contribution is 4.50.